The average molecular weight is 226 g/mol. The van der Waals surface area contributed by atoms with Crippen molar-refractivity contribution < 1.29 is 8.78 Å². The minimum Gasteiger partial charge on any atom is -0.323 e. The molecule has 1 saturated heterocycles. The zero-order chi connectivity index (χ0) is 11.8. The number of halogens is 2. The molecule has 1 heterocycles. The van der Waals surface area contributed by atoms with Crippen molar-refractivity contribution in [2.45, 2.75) is 25.4 Å². The van der Waals surface area contributed by atoms with Crippen molar-refractivity contribution in [3.05, 3.63) is 35.4 Å². The van der Waals surface area contributed by atoms with Gasteiger partial charge in [0.2, 0.25) is 0 Å². The lowest BCUT2D eigenvalue weighted by molar-refractivity contribution is 0.0605. The standard InChI is InChI=1S/C12H16F2N2/c1-2-12(15)7-16(8-12)6-9-3-10(13)5-11(14)4-9/h3-5H,2,6-8,15H2,1H3. The van der Waals surface area contributed by atoms with Crippen LogP contribution in [-0.2, 0) is 6.54 Å². The van der Waals surface area contributed by atoms with Gasteiger partial charge < -0.3 is 5.73 Å². The number of nitrogens with zero attached hydrogens (tertiary/aromatic N) is 1. The molecule has 2 rings (SSSR count). The normalized spacial score (nSPS) is 19.5. The molecule has 0 radical (unpaired) electrons. The third kappa shape index (κ3) is 2.39. The molecule has 1 aromatic carbocycles. The summed E-state index contributed by atoms with van der Waals surface area (Å²) in [6.07, 6.45) is 0.932. The second-order valence-electron chi connectivity index (χ2n) is 4.64. The highest BCUT2D eigenvalue weighted by Crippen LogP contribution is 2.23. The summed E-state index contributed by atoms with van der Waals surface area (Å²) in [6.45, 7) is 4.20. The summed E-state index contributed by atoms with van der Waals surface area (Å²) < 4.78 is 25.9. The number of benzene rings is 1. The Morgan fingerprint density at radius 3 is 2.31 bits per heavy atom. The lowest BCUT2D eigenvalue weighted by Gasteiger charge is -2.47. The third-order valence-corrected chi connectivity index (χ3v) is 3.11. The molecule has 0 aliphatic carbocycles. The molecule has 0 spiro atoms. The first kappa shape index (κ1) is 11.5. The van der Waals surface area contributed by atoms with Crippen LogP contribution in [0.3, 0.4) is 0 Å². The van der Waals surface area contributed by atoms with E-state index in [9.17, 15) is 8.78 Å². The highest BCUT2D eigenvalue weighted by molar-refractivity contribution is 5.18. The molecule has 88 valence electrons. The van der Waals surface area contributed by atoms with Crippen LogP contribution in [-0.4, -0.2) is 23.5 Å². The van der Waals surface area contributed by atoms with Crippen LogP contribution in [0.5, 0.6) is 0 Å². The monoisotopic (exact) mass is 226 g/mol. The SMILES string of the molecule is CCC1(N)CN(Cc2cc(F)cc(F)c2)C1. The van der Waals surface area contributed by atoms with Gasteiger partial charge in [-0.1, -0.05) is 6.92 Å². The largest absolute Gasteiger partial charge is 0.323 e. The van der Waals surface area contributed by atoms with E-state index in [1.165, 1.54) is 12.1 Å². The van der Waals surface area contributed by atoms with Gasteiger partial charge in [0.05, 0.1) is 0 Å². The summed E-state index contributed by atoms with van der Waals surface area (Å²) in [4.78, 5) is 2.09. The summed E-state index contributed by atoms with van der Waals surface area (Å²) in [5, 5.41) is 0. The summed E-state index contributed by atoms with van der Waals surface area (Å²) in [7, 11) is 0. The van der Waals surface area contributed by atoms with Gasteiger partial charge >= 0.3 is 0 Å². The molecule has 0 unspecified atom stereocenters. The van der Waals surface area contributed by atoms with E-state index in [1.54, 1.807) is 0 Å². The predicted molar refractivity (Wildman–Crippen MR) is 58.8 cm³/mol. The molecule has 16 heavy (non-hydrogen) atoms. The van der Waals surface area contributed by atoms with Crippen LogP contribution in [0.1, 0.15) is 18.9 Å². The molecule has 0 bridgehead atoms. The van der Waals surface area contributed by atoms with Crippen LogP contribution in [0.25, 0.3) is 0 Å². The van der Waals surface area contributed by atoms with Gasteiger partial charge in [-0.25, -0.2) is 8.78 Å². The van der Waals surface area contributed by atoms with Crippen molar-refractivity contribution >= 4 is 0 Å². The Balaban J connectivity index is 1.96. The first-order valence-corrected chi connectivity index (χ1v) is 5.47. The maximum absolute atomic E-state index is 12.9. The first-order chi connectivity index (χ1) is 7.50. The van der Waals surface area contributed by atoms with Gasteiger partial charge in [0.15, 0.2) is 0 Å². The van der Waals surface area contributed by atoms with Crippen LogP contribution >= 0.6 is 0 Å². The molecule has 1 fully saturated rings. The van der Waals surface area contributed by atoms with Crippen molar-refractivity contribution in [1.82, 2.24) is 4.90 Å². The Morgan fingerprint density at radius 1 is 1.25 bits per heavy atom. The van der Waals surface area contributed by atoms with Crippen molar-refractivity contribution in [2.75, 3.05) is 13.1 Å². The lowest BCUT2D eigenvalue weighted by atomic mass is 9.88. The molecule has 1 aliphatic heterocycles. The maximum Gasteiger partial charge on any atom is 0.126 e. The van der Waals surface area contributed by atoms with E-state index in [4.69, 9.17) is 5.73 Å². The second kappa shape index (κ2) is 4.11. The van der Waals surface area contributed by atoms with Gasteiger partial charge in [0.25, 0.3) is 0 Å². The molecule has 1 aromatic rings. The van der Waals surface area contributed by atoms with E-state index in [2.05, 4.69) is 11.8 Å². The van der Waals surface area contributed by atoms with Gasteiger partial charge in [0, 0.05) is 31.2 Å². The zero-order valence-corrected chi connectivity index (χ0v) is 9.34. The van der Waals surface area contributed by atoms with Crippen LogP contribution in [0.4, 0.5) is 8.78 Å². The zero-order valence-electron chi connectivity index (χ0n) is 9.34. The fourth-order valence-electron chi connectivity index (χ4n) is 2.14. The molecule has 2 N–H and O–H groups in total. The Morgan fingerprint density at radius 2 is 1.81 bits per heavy atom. The van der Waals surface area contributed by atoms with Gasteiger partial charge in [-0.3, -0.25) is 4.90 Å². The molecule has 0 aromatic heterocycles. The third-order valence-electron chi connectivity index (χ3n) is 3.11. The number of hydrogen-bond acceptors (Lipinski definition) is 2. The number of nitrogens with two attached hydrogens (primary N) is 1. The molecule has 4 heteroatoms. The minimum absolute atomic E-state index is 0.105. The summed E-state index contributed by atoms with van der Waals surface area (Å²) in [6, 6.07) is 3.62. The van der Waals surface area contributed by atoms with Crippen LogP contribution in [0.2, 0.25) is 0 Å². The van der Waals surface area contributed by atoms with Crippen molar-refractivity contribution in [3.63, 3.8) is 0 Å². The van der Waals surface area contributed by atoms with Crippen molar-refractivity contribution in [3.8, 4) is 0 Å². The van der Waals surface area contributed by atoms with E-state index in [1.807, 2.05) is 0 Å². The number of likely N-dealkylation sites (tertiary alicyclic amines) is 1. The first-order valence-electron chi connectivity index (χ1n) is 5.47. The Bertz CT molecular complexity index is 366. The van der Waals surface area contributed by atoms with Crippen molar-refractivity contribution in [1.29, 1.82) is 0 Å². The predicted octanol–water partition coefficient (Wildman–Crippen LogP) is 1.89. The quantitative estimate of drug-likeness (QED) is 0.852. The molecule has 0 amide bonds. The Labute approximate surface area is 94.0 Å². The summed E-state index contributed by atoms with van der Waals surface area (Å²) >= 11 is 0. The van der Waals surface area contributed by atoms with Gasteiger partial charge in [-0.2, -0.15) is 0 Å². The van der Waals surface area contributed by atoms with Crippen LogP contribution in [0, 0.1) is 11.6 Å². The van der Waals surface area contributed by atoms with Crippen molar-refractivity contribution in [2.24, 2.45) is 5.73 Å². The maximum atomic E-state index is 12.9. The topological polar surface area (TPSA) is 29.3 Å². The number of hydrogen-bond donors (Lipinski definition) is 1. The molecule has 1 aliphatic rings. The van der Waals surface area contributed by atoms with E-state index >= 15 is 0 Å². The fraction of sp³-hybridized carbons (Fsp3) is 0.500. The summed E-state index contributed by atoms with van der Waals surface area (Å²) in [5.74, 6) is -1.05. The highest BCUT2D eigenvalue weighted by Gasteiger charge is 2.37. The van der Waals surface area contributed by atoms with E-state index in [0.717, 1.165) is 25.6 Å². The molecular weight excluding hydrogens is 210 g/mol. The van der Waals surface area contributed by atoms with Crippen LogP contribution in [0.15, 0.2) is 18.2 Å². The lowest BCUT2D eigenvalue weighted by Crippen LogP contribution is -2.66. The van der Waals surface area contributed by atoms with E-state index in [0.29, 0.717) is 12.1 Å². The second-order valence-corrected chi connectivity index (χ2v) is 4.64. The Kier molecular flexibility index (Phi) is 2.95. The van der Waals surface area contributed by atoms with Crippen LogP contribution < -0.4 is 5.73 Å². The number of rotatable bonds is 3. The van der Waals surface area contributed by atoms with E-state index in [-0.39, 0.29) is 5.54 Å². The molecule has 0 atom stereocenters. The fourth-order valence-corrected chi connectivity index (χ4v) is 2.14. The highest BCUT2D eigenvalue weighted by atomic mass is 19.1. The van der Waals surface area contributed by atoms with Gasteiger partial charge in [0.1, 0.15) is 11.6 Å². The van der Waals surface area contributed by atoms with E-state index < -0.39 is 11.6 Å². The Hall–Kier alpha value is -1.00. The van der Waals surface area contributed by atoms with Gasteiger partial charge in [-0.05, 0) is 24.1 Å². The minimum atomic E-state index is -0.523. The molecule has 2 nitrogen and oxygen atoms in total. The summed E-state index contributed by atoms with van der Waals surface area (Å²) in [5.41, 5.74) is 6.57. The van der Waals surface area contributed by atoms with Gasteiger partial charge in [-0.15, -0.1) is 0 Å². The molecule has 0 saturated carbocycles. The average Bonchev–Trinajstić information content (AvgIpc) is 2.13. The smallest absolute Gasteiger partial charge is 0.126 e. The molecular formula is C12H16F2N2.